The maximum absolute atomic E-state index is 12.4. The largest absolute Gasteiger partial charge is 0.398 e. The lowest BCUT2D eigenvalue weighted by Gasteiger charge is -2.24. The summed E-state index contributed by atoms with van der Waals surface area (Å²) in [4.78, 5) is 12.4. The van der Waals surface area contributed by atoms with Crippen LogP contribution in [-0.2, 0) is 4.79 Å². The third-order valence-corrected chi connectivity index (χ3v) is 4.21. The monoisotopic (exact) mass is 246 g/mol. The molecule has 18 heavy (non-hydrogen) atoms. The lowest BCUT2D eigenvalue weighted by molar-refractivity contribution is -0.124. The standard InChI is InChI=1S/C15H22N2O/c1-10-6-7-12(16)11(2)13(10)17-14(18)15(3)8-4-5-9-15/h6-7H,4-5,8-9,16H2,1-3H3,(H,17,18). The van der Waals surface area contributed by atoms with Crippen molar-refractivity contribution in [3.8, 4) is 0 Å². The molecule has 1 aromatic carbocycles. The Kier molecular flexibility index (Phi) is 3.33. The van der Waals surface area contributed by atoms with Crippen molar-refractivity contribution in [2.75, 3.05) is 11.1 Å². The molecule has 0 spiro atoms. The molecule has 3 nitrogen and oxygen atoms in total. The Hall–Kier alpha value is -1.51. The second-order valence-electron chi connectivity index (χ2n) is 5.69. The highest BCUT2D eigenvalue weighted by Crippen LogP contribution is 2.39. The molecular weight excluding hydrogens is 224 g/mol. The van der Waals surface area contributed by atoms with Crippen LogP contribution in [0.2, 0.25) is 0 Å². The molecule has 3 N–H and O–H groups in total. The number of amides is 1. The molecule has 0 unspecified atom stereocenters. The van der Waals surface area contributed by atoms with Crippen molar-refractivity contribution in [1.82, 2.24) is 0 Å². The molecule has 1 saturated carbocycles. The summed E-state index contributed by atoms with van der Waals surface area (Å²) in [6.45, 7) is 6.01. The Balaban J connectivity index is 2.24. The second kappa shape index (κ2) is 4.63. The van der Waals surface area contributed by atoms with Gasteiger partial charge < -0.3 is 11.1 Å². The molecule has 0 radical (unpaired) electrons. The third-order valence-electron chi connectivity index (χ3n) is 4.21. The average molecular weight is 246 g/mol. The Morgan fingerprint density at radius 3 is 2.50 bits per heavy atom. The summed E-state index contributed by atoms with van der Waals surface area (Å²) in [7, 11) is 0. The van der Waals surface area contributed by atoms with Crippen molar-refractivity contribution < 1.29 is 4.79 Å². The first-order valence-electron chi connectivity index (χ1n) is 6.61. The number of nitrogens with two attached hydrogens (primary N) is 1. The number of anilines is 2. The highest BCUT2D eigenvalue weighted by molar-refractivity contribution is 5.97. The minimum absolute atomic E-state index is 0.136. The molecule has 2 rings (SSSR count). The smallest absolute Gasteiger partial charge is 0.230 e. The van der Waals surface area contributed by atoms with Crippen molar-refractivity contribution in [1.29, 1.82) is 0 Å². The van der Waals surface area contributed by atoms with Gasteiger partial charge in [-0.15, -0.1) is 0 Å². The summed E-state index contributed by atoms with van der Waals surface area (Å²) in [5, 5.41) is 3.08. The number of carbonyl (C=O) groups is 1. The fourth-order valence-electron chi connectivity index (χ4n) is 2.70. The Morgan fingerprint density at radius 2 is 1.89 bits per heavy atom. The molecule has 1 fully saturated rings. The van der Waals surface area contributed by atoms with Gasteiger partial charge in [-0.3, -0.25) is 4.79 Å². The van der Waals surface area contributed by atoms with Crippen LogP contribution in [0.1, 0.15) is 43.7 Å². The predicted octanol–water partition coefficient (Wildman–Crippen LogP) is 3.40. The highest BCUT2D eigenvalue weighted by Gasteiger charge is 2.36. The zero-order chi connectivity index (χ0) is 13.3. The van der Waals surface area contributed by atoms with Gasteiger partial charge in [0.05, 0.1) is 0 Å². The van der Waals surface area contributed by atoms with Gasteiger partial charge in [-0.1, -0.05) is 25.8 Å². The second-order valence-corrected chi connectivity index (χ2v) is 5.69. The van der Waals surface area contributed by atoms with Crippen molar-refractivity contribution in [3.05, 3.63) is 23.3 Å². The van der Waals surface area contributed by atoms with Crippen molar-refractivity contribution in [3.63, 3.8) is 0 Å². The number of carbonyl (C=O) groups excluding carboxylic acids is 1. The number of nitrogen functional groups attached to an aromatic ring is 1. The molecule has 0 bridgehead atoms. The van der Waals surface area contributed by atoms with E-state index in [1.54, 1.807) is 0 Å². The van der Waals surface area contributed by atoms with E-state index in [2.05, 4.69) is 12.2 Å². The fourth-order valence-corrected chi connectivity index (χ4v) is 2.70. The van der Waals surface area contributed by atoms with Crippen molar-refractivity contribution in [2.45, 2.75) is 46.5 Å². The van der Waals surface area contributed by atoms with Crippen LogP contribution in [0.3, 0.4) is 0 Å². The number of benzene rings is 1. The molecule has 0 atom stereocenters. The molecule has 0 aromatic heterocycles. The van der Waals surface area contributed by atoms with E-state index in [-0.39, 0.29) is 11.3 Å². The maximum Gasteiger partial charge on any atom is 0.230 e. The van der Waals surface area contributed by atoms with Gasteiger partial charge in [0.15, 0.2) is 0 Å². The summed E-state index contributed by atoms with van der Waals surface area (Å²) in [5.74, 6) is 0.136. The zero-order valence-corrected chi connectivity index (χ0v) is 11.5. The van der Waals surface area contributed by atoms with Crippen LogP contribution in [0.15, 0.2) is 12.1 Å². The van der Waals surface area contributed by atoms with E-state index in [9.17, 15) is 4.79 Å². The van der Waals surface area contributed by atoms with Crippen LogP contribution < -0.4 is 11.1 Å². The molecule has 98 valence electrons. The van der Waals surface area contributed by atoms with Gasteiger partial charge in [-0.2, -0.15) is 0 Å². The molecule has 1 aliphatic rings. The van der Waals surface area contributed by atoms with Gasteiger partial charge >= 0.3 is 0 Å². The Bertz CT molecular complexity index is 474. The van der Waals surface area contributed by atoms with Gasteiger partial charge in [0, 0.05) is 16.8 Å². The van der Waals surface area contributed by atoms with Crippen LogP contribution in [0.4, 0.5) is 11.4 Å². The third kappa shape index (κ3) is 2.22. The van der Waals surface area contributed by atoms with Gasteiger partial charge in [-0.05, 0) is 43.9 Å². The van der Waals surface area contributed by atoms with E-state index in [0.29, 0.717) is 0 Å². The molecule has 0 heterocycles. The molecule has 0 saturated heterocycles. The minimum atomic E-state index is -0.205. The lowest BCUT2D eigenvalue weighted by Crippen LogP contribution is -2.31. The normalized spacial score (nSPS) is 17.7. The van der Waals surface area contributed by atoms with E-state index in [4.69, 9.17) is 5.73 Å². The molecule has 3 heteroatoms. The number of hydrogen-bond acceptors (Lipinski definition) is 2. The number of rotatable bonds is 2. The van der Waals surface area contributed by atoms with Crippen LogP contribution in [0.25, 0.3) is 0 Å². The van der Waals surface area contributed by atoms with E-state index in [0.717, 1.165) is 48.2 Å². The summed E-state index contributed by atoms with van der Waals surface area (Å²) in [5.41, 5.74) is 9.34. The van der Waals surface area contributed by atoms with Gasteiger partial charge in [-0.25, -0.2) is 0 Å². The minimum Gasteiger partial charge on any atom is -0.398 e. The molecule has 0 aliphatic heterocycles. The summed E-state index contributed by atoms with van der Waals surface area (Å²) in [6.07, 6.45) is 4.27. The lowest BCUT2D eigenvalue weighted by atomic mass is 9.87. The predicted molar refractivity (Wildman–Crippen MR) is 75.5 cm³/mol. The first kappa shape index (κ1) is 12.9. The first-order chi connectivity index (χ1) is 8.44. The van der Waals surface area contributed by atoms with E-state index < -0.39 is 0 Å². The molecular formula is C15H22N2O. The van der Waals surface area contributed by atoms with Gasteiger partial charge in [0.25, 0.3) is 0 Å². The van der Waals surface area contributed by atoms with Crippen molar-refractivity contribution in [2.24, 2.45) is 5.41 Å². The van der Waals surface area contributed by atoms with Crippen molar-refractivity contribution >= 4 is 17.3 Å². The number of aryl methyl sites for hydroxylation is 1. The zero-order valence-electron chi connectivity index (χ0n) is 11.5. The molecule has 1 amide bonds. The van der Waals surface area contributed by atoms with E-state index in [1.807, 2.05) is 26.0 Å². The number of nitrogens with one attached hydrogen (secondary N) is 1. The summed E-state index contributed by atoms with van der Waals surface area (Å²) >= 11 is 0. The Labute approximate surface area is 109 Å². The van der Waals surface area contributed by atoms with Gasteiger partial charge in [0.2, 0.25) is 5.91 Å². The van der Waals surface area contributed by atoms with Crippen LogP contribution >= 0.6 is 0 Å². The van der Waals surface area contributed by atoms with Gasteiger partial charge in [0.1, 0.15) is 0 Å². The van der Waals surface area contributed by atoms with Crippen LogP contribution in [-0.4, -0.2) is 5.91 Å². The summed E-state index contributed by atoms with van der Waals surface area (Å²) < 4.78 is 0. The molecule has 1 aliphatic carbocycles. The Morgan fingerprint density at radius 1 is 1.28 bits per heavy atom. The summed E-state index contributed by atoms with van der Waals surface area (Å²) in [6, 6.07) is 3.84. The maximum atomic E-state index is 12.4. The van der Waals surface area contributed by atoms with E-state index >= 15 is 0 Å². The SMILES string of the molecule is Cc1ccc(N)c(C)c1NC(=O)C1(C)CCCC1. The highest BCUT2D eigenvalue weighted by atomic mass is 16.2. The van der Waals surface area contributed by atoms with E-state index in [1.165, 1.54) is 0 Å². The molecule has 1 aromatic rings. The topological polar surface area (TPSA) is 55.1 Å². The number of hydrogen-bond donors (Lipinski definition) is 2. The average Bonchev–Trinajstić information content (AvgIpc) is 2.78. The fraction of sp³-hybridized carbons (Fsp3) is 0.533. The van der Waals surface area contributed by atoms with Crippen LogP contribution in [0.5, 0.6) is 0 Å². The van der Waals surface area contributed by atoms with Crippen LogP contribution in [0, 0.1) is 19.3 Å². The quantitative estimate of drug-likeness (QED) is 0.786. The first-order valence-corrected chi connectivity index (χ1v) is 6.61.